The summed E-state index contributed by atoms with van der Waals surface area (Å²) in [7, 11) is 1.40. The molecule has 5 nitrogen and oxygen atoms in total. The molecule has 0 radical (unpaired) electrons. The SMILES string of the molecule is O=CN(CCS(=O)(=O)Cl)OCc1ccccc1. The minimum absolute atomic E-state index is 0.0951. The lowest BCUT2D eigenvalue weighted by atomic mass is 10.2. The van der Waals surface area contributed by atoms with E-state index >= 15 is 0 Å². The van der Waals surface area contributed by atoms with Gasteiger partial charge >= 0.3 is 0 Å². The van der Waals surface area contributed by atoms with Gasteiger partial charge in [-0.2, -0.15) is 0 Å². The number of carbonyl (C=O) groups excluding carboxylic acids is 1. The summed E-state index contributed by atoms with van der Waals surface area (Å²) < 4.78 is 21.4. The molecule has 7 heteroatoms. The predicted octanol–water partition coefficient (Wildman–Crippen LogP) is 1.15. The van der Waals surface area contributed by atoms with Crippen LogP contribution in [-0.4, -0.2) is 32.2 Å². The Morgan fingerprint density at radius 1 is 1.29 bits per heavy atom. The second-order valence-electron chi connectivity index (χ2n) is 3.25. The van der Waals surface area contributed by atoms with Crippen LogP contribution in [0.5, 0.6) is 0 Å². The summed E-state index contributed by atoms with van der Waals surface area (Å²) in [5, 5.41) is 0.910. The van der Waals surface area contributed by atoms with E-state index in [9.17, 15) is 13.2 Å². The van der Waals surface area contributed by atoms with Crippen LogP contribution in [0.25, 0.3) is 0 Å². The van der Waals surface area contributed by atoms with Gasteiger partial charge in [-0.1, -0.05) is 30.3 Å². The Balaban J connectivity index is 2.40. The number of nitrogens with zero attached hydrogens (tertiary/aromatic N) is 1. The van der Waals surface area contributed by atoms with E-state index in [0.29, 0.717) is 6.41 Å². The smallest absolute Gasteiger partial charge is 0.234 e. The second kappa shape index (κ2) is 6.58. The lowest BCUT2D eigenvalue weighted by molar-refractivity contribution is -0.175. The van der Waals surface area contributed by atoms with Gasteiger partial charge in [-0.15, -0.1) is 0 Å². The fourth-order valence-corrected chi connectivity index (χ4v) is 1.68. The van der Waals surface area contributed by atoms with Crippen LogP contribution < -0.4 is 0 Å². The molecule has 0 atom stereocenters. The van der Waals surface area contributed by atoms with Gasteiger partial charge in [0.15, 0.2) is 0 Å². The highest BCUT2D eigenvalue weighted by Gasteiger charge is 2.10. The summed E-state index contributed by atoms with van der Waals surface area (Å²) in [6, 6.07) is 9.21. The van der Waals surface area contributed by atoms with Gasteiger partial charge in [0.1, 0.15) is 6.61 Å². The molecule has 0 aliphatic rings. The van der Waals surface area contributed by atoms with Crippen molar-refractivity contribution in [2.75, 3.05) is 12.3 Å². The van der Waals surface area contributed by atoms with Crippen molar-refractivity contribution in [1.82, 2.24) is 5.06 Å². The number of hydrogen-bond acceptors (Lipinski definition) is 4. The van der Waals surface area contributed by atoms with E-state index in [-0.39, 0.29) is 18.9 Å². The number of carbonyl (C=O) groups is 1. The van der Waals surface area contributed by atoms with Crippen LogP contribution in [0.2, 0.25) is 0 Å². The molecule has 17 heavy (non-hydrogen) atoms. The van der Waals surface area contributed by atoms with Crippen LogP contribution in [0.1, 0.15) is 5.56 Å². The fourth-order valence-electron chi connectivity index (χ4n) is 1.08. The number of hydroxylamine groups is 2. The third kappa shape index (κ3) is 6.25. The first kappa shape index (κ1) is 14.0. The lowest BCUT2D eigenvalue weighted by Gasteiger charge is -2.15. The zero-order valence-electron chi connectivity index (χ0n) is 8.95. The fraction of sp³-hybridized carbons (Fsp3) is 0.300. The van der Waals surface area contributed by atoms with Gasteiger partial charge in [-0.05, 0) is 5.56 Å². The third-order valence-electron chi connectivity index (χ3n) is 1.91. The minimum Gasteiger partial charge on any atom is -0.276 e. The molecule has 0 aliphatic heterocycles. The zero-order valence-corrected chi connectivity index (χ0v) is 10.5. The molecule has 0 unspecified atom stereocenters. The number of halogens is 1. The van der Waals surface area contributed by atoms with Crippen LogP contribution in [0.3, 0.4) is 0 Å². The molecule has 1 amide bonds. The Morgan fingerprint density at radius 2 is 1.94 bits per heavy atom. The average molecular weight is 278 g/mol. The number of benzene rings is 1. The maximum Gasteiger partial charge on any atom is 0.234 e. The Bertz CT molecular complexity index is 449. The second-order valence-corrected chi connectivity index (χ2v) is 6.14. The Morgan fingerprint density at radius 3 is 2.47 bits per heavy atom. The van der Waals surface area contributed by atoms with Crippen molar-refractivity contribution >= 4 is 26.1 Å². The molecule has 1 rings (SSSR count). The molecule has 0 N–H and O–H groups in total. The molecule has 0 heterocycles. The maximum atomic E-state index is 10.7. The molecule has 0 fully saturated rings. The molecule has 1 aromatic rings. The van der Waals surface area contributed by atoms with Crippen LogP contribution >= 0.6 is 10.7 Å². The van der Waals surface area contributed by atoms with E-state index in [1.54, 1.807) is 0 Å². The van der Waals surface area contributed by atoms with E-state index in [2.05, 4.69) is 0 Å². The van der Waals surface area contributed by atoms with Crippen LogP contribution in [0.4, 0.5) is 0 Å². The predicted molar refractivity (Wildman–Crippen MR) is 63.6 cm³/mol. The first-order valence-electron chi connectivity index (χ1n) is 4.82. The zero-order chi connectivity index (χ0) is 12.7. The van der Waals surface area contributed by atoms with Gasteiger partial charge in [0.05, 0.1) is 12.3 Å². The summed E-state index contributed by atoms with van der Waals surface area (Å²) in [4.78, 5) is 15.7. The van der Waals surface area contributed by atoms with E-state index in [1.165, 1.54) is 0 Å². The Kier molecular flexibility index (Phi) is 5.40. The first-order valence-corrected chi connectivity index (χ1v) is 7.30. The summed E-state index contributed by atoms with van der Waals surface area (Å²) in [6.07, 6.45) is 0.422. The molecule has 0 bridgehead atoms. The van der Waals surface area contributed by atoms with Gasteiger partial charge < -0.3 is 0 Å². The van der Waals surface area contributed by atoms with Crippen molar-refractivity contribution in [3.8, 4) is 0 Å². The summed E-state index contributed by atoms with van der Waals surface area (Å²) in [5.41, 5.74) is 0.882. The molecule has 0 saturated heterocycles. The highest BCUT2D eigenvalue weighted by Crippen LogP contribution is 2.03. The highest BCUT2D eigenvalue weighted by atomic mass is 35.7. The first-order chi connectivity index (χ1) is 8.01. The van der Waals surface area contributed by atoms with Crippen LogP contribution in [-0.2, 0) is 25.3 Å². The molecule has 1 aromatic carbocycles. The topological polar surface area (TPSA) is 63.7 Å². The molecule has 94 valence electrons. The molecular formula is C10H12ClNO4S. The molecule has 0 aliphatic carbocycles. The van der Waals surface area contributed by atoms with Crippen LogP contribution in [0, 0.1) is 0 Å². The van der Waals surface area contributed by atoms with E-state index < -0.39 is 9.05 Å². The quantitative estimate of drug-likeness (QED) is 0.426. The number of hydrogen-bond donors (Lipinski definition) is 0. The molecule has 0 saturated carbocycles. The molecule has 0 spiro atoms. The van der Waals surface area contributed by atoms with E-state index in [4.69, 9.17) is 15.5 Å². The van der Waals surface area contributed by atoms with Gasteiger partial charge in [-0.3, -0.25) is 9.63 Å². The van der Waals surface area contributed by atoms with Crippen molar-refractivity contribution in [2.45, 2.75) is 6.61 Å². The van der Waals surface area contributed by atoms with Gasteiger partial charge in [0, 0.05) is 10.7 Å². The normalized spacial score (nSPS) is 11.1. The molecular weight excluding hydrogens is 266 g/mol. The lowest BCUT2D eigenvalue weighted by Crippen LogP contribution is -2.27. The maximum absolute atomic E-state index is 10.7. The largest absolute Gasteiger partial charge is 0.276 e. The highest BCUT2D eigenvalue weighted by molar-refractivity contribution is 8.13. The van der Waals surface area contributed by atoms with Crippen molar-refractivity contribution < 1.29 is 18.0 Å². The van der Waals surface area contributed by atoms with Gasteiger partial charge in [0.2, 0.25) is 15.5 Å². The van der Waals surface area contributed by atoms with Gasteiger partial charge in [-0.25, -0.2) is 13.5 Å². The van der Waals surface area contributed by atoms with Crippen molar-refractivity contribution in [3.63, 3.8) is 0 Å². The van der Waals surface area contributed by atoms with Crippen molar-refractivity contribution in [3.05, 3.63) is 35.9 Å². The molecule has 0 aromatic heterocycles. The number of rotatable bonds is 7. The standard InChI is InChI=1S/C10H12ClNO4S/c11-17(14,15)7-6-12(9-13)16-8-10-4-2-1-3-5-10/h1-5,9H,6-8H2. The minimum atomic E-state index is -3.62. The summed E-state index contributed by atoms with van der Waals surface area (Å²) in [6.45, 7) is 0.101. The summed E-state index contributed by atoms with van der Waals surface area (Å²) >= 11 is 0. The number of amides is 1. The monoisotopic (exact) mass is 277 g/mol. The van der Waals surface area contributed by atoms with Crippen molar-refractivity contribution in [1.29, 1.82) is 0 Å². The Hall–Kier alpha value is -1.11. The van der Waals surface area contributed by atoms with Crippen molar-refractivity contribution in [2.24, 2.45) is 0 Å². The summed E-state index contributed by atoms with van der Waals surface area (Å²) in [5.74, 6) is -0.345. The van der Waals surface area contributed by atoms with Crippen LogP contribution in [0.15, 0.2) is 30.3 Å². The van der Waals surface area contributed by atoms with E-state index in [1.807, 2.05) is 30.3 Å². The third-order valence-corrected chi connectivity index (χ3v) is 3.05. The Labute approximate surface area is 104 Å². The van der Waals surface area contributed by atoms with Gasteiger partial charge in [0.25, 0.3) is 0 Å². The van der Waals surface area contributed by atoms with E-state index in [0.717, 1.165) is 10.6 Å². The average Bonchev–Trinajstić information content (AvgIpc) is 2.29.